The first-order valence-electron chi connectivity index (χ1n) is 14.5. The summed E-state index contributed by atoms with van der Waals surface area (Å²) in [5, 5.41) is 3.17. The standard InChI is InChI=1S/C32H55NO6/c1-21(2)26(18-25-13-14-29(37-11)30(19-25)38-16-12-15-36-10)20-28(33-31(35)39-32(7,8)9)23(5)17-27(22(3)4)24(6)34/h13-14,19,21-23,26-28H,12,15-18,20H2,1-11H3,(H,33,35)/t23?,26-,27-,28-/m0/s1. The van der Waals surface area contributed by atoms with Gasteiger partial charge >= 0.3 is 6.09 Å². The van der Waals surface area contributed by atoms with E-state index in [0.717, 1.165) is 37.0 Å². The largest absolute Gasteiger partial charge is 0.493 e. The molecule has 0 radical (unpaired) electrons. The van der Waals surface area contributed by atoms with E-state index in [2.05, 4.69) is 52.1 Å². The summed E-state index contributed by atoms with van der Waals surface area (Å²) >= 11 is 0. The molecule has 4 atom stereocenters. The molecule has 39 heavy (non-hydrogen) atoms. The van der Waals surface area contributed by atoms with Gasteiger partial charge in [0.15, 0.2) is 11.5 Å². The van der Waals surface area contributed by atoms with Gasteiger partial charge in [0.1, 0.15) is 11.4 Å². The lowest BCUT2D eigenvalue weighted by Gasteiger charge is -2.33. The van der Waals surface area contributed by atoms with Crippen LogP contribution in [0, 0.1) is 29.6 Å². The fraction of sp³-hybridized carbons (Fsp3) is 0.750. The summed E-state index contributed by atoms with van der Waals surface area (Å²) in [5.74, 6) is 2.61. The third-order valence-electron chi connectivity index (χ3n) is 7.32. The minimum Gasteiger partial charge on any atom is -0.493 e. The Labute approximate surface area is 237 Å². The molecule has 0 fully saturated rings. The Morgan fingerprint density at radius 3 is 2.10 bits per heavy atom. The quantitative estimate of drug-likeness (QED) is 0.209. The van der Waals surface area contributed by atoms with Crippen molar-refractivity contribution in [3.8, 4) is 11.5 Å². The molecule has 1 N–H and O–H groups in total. The molecule has 1 rings (SSSR count). The highest BCUT2D eigenvalue weighted by atomic mass is 16.6. The summed E-state index contributed by atoms with van der Waals surface area (Å²) in [6.07, 6.45) is 2.71. The fourth-order valence-electron chi connectivity index (χ4n) is 4.93. The second kappa shape index (κ2) is 16.7. The zero-order valence-corrected chi connectivity index (χ0v) is 26.4. The Balaban J connectivity index is 3.18. The average Bonchev–Trinajstić information content (AvgIpc) is 2.82. The number of methoxy groups -OCH3 is 2. The summed E-state index contributed by atoms with van der Waals surface area (Å²) in [7, 11) is 3.33. The third kappa shape index (κ3) is 13.1. The van der Waals surface area contributed by atoms with Crippen molar-refractivity contribution in [2.24, 2.45) is 29.6 Å². The second-order valence-electron chi connectivity index (χ2n) is 12.6. The minimum absolute atomic E-state index is 0.0418. The summed E-state index contributed by atoms with van der Waals surface area (Å²) in [6, 6.07) is 5.97. The van der Waals surface area contributed by atoms with Crippen LogP contribution >= 0.6 is 0 Å². The lowest BCUT2D eigenvalue weighted by molar-refractivity contribution is -0.122. The van der Waals surface area contributed by atoms with E-state index in [-0.39, 0.29) is 35.5 Å². The summed E-state index contributed by atoms with van der Waals surface area (Å²) in [5.41, 5.74) is 0.571. The van der Waals surface area contributed by atoms with E-state index in [1.165, 1.54) is 0 Å². The van der Waals surface area contributed by atoms with Crippen LogP contribution in [-0.2, 0) is 20.7 Å². The van der Waals surface area contributed by atoms with E-state index in [1.807, 2.05) is 26.8 Å². The highest BCUT2D eigenvalue weighted by Gasteiger charge is 2.31. The van der Waals surface area contributed by atoms with Crippen LogP contribution in [0.2, 0.25) is 0 Å². The van der Waals surface area contributed by atoms with E-state index in [1.54, 1.807) is 21.1 Å². The maximum Gasteiger partial charge on any atom is 0.407 e. The van der Waals surface area contributed by atoms with Crippen LogP contribution in [0.3, 0.4) is 0 Å². The van der Waals surface area contributed by atoms with Gasteiger partial charge in [-0.1, -0.05) is 40.7 Å². The van der Waals surface area contributed by atoms with E-state index in [4.69, 9.17) is 18.9 Å². The zero-order chi connectivity index (χ0) is 29.8. The number of hydrogen-bond donors (Lipinski definition) is 1. The predicted octanol–water partition coefficient (Wildman–Crippen LogP) is 7.10. The molecule has 1 unspecified atom stereocenters. The van der Waals surface area contributed by atoms with Gasteiger partial charge in [-0.05, 0) is 88.3 Å². The van der Waals surface area contributed by atoms with Gasteiger partial charge in [0.2, 0.25) is 0 Å². The van der Waals surface area contributed by atoms with Gasteiger partial charge in [-0.2, -0.15) is 0 Å². The van der Waals surface area contributed by atoms with E-state index in [9.17, 15) is 9.59 Å². The minimum atomic E-state index is -0.585. The summed E-state index contributed by atoms with van der Waals surface area (Å²) in [6.45, 7) is 19.2. The Morgan fingerprint density at radius 2 is 1.59 bits per heavy atom. The normalized spacial score (nSPS) is 15.0. The Kier molecular flexibility index (Phi) is 14.9. The van der Waals surface area contributed by atoms with Crippen molar-refractivity contribution in [2.75, 3.05) is 27.4 Å². The Morgan fingerprint density at radius 1 is 0.923 bits per heavy atom. The van der Waals surface area contributed by atoms with Crippen molar-refractivity contribution in [3.05, 3.63) is 23.8 Å². The number of ketones is 1. The summed E-state index contributed by atoms with van der Waals surface area (Å²) < 4.78 is 22.3. The van der Waals surface area contributed by atoms with Crippen LogP contribution in [-0.4, -0.2) is 51.0 Å². The van der Waals surface area contributed by atoms with Gasteiger partial charge in [0.25, 0.3) is 0 Å². The van der Waals surface area contributed by atoms with Crippen molar-refractivity contribution in [1.82, 2.24) is 5.32 Å². The zero-order valence-electron chi connectivity index (χ0n) is 26.4. The monoisotopic (exact) mass is 549 g/mol. The number of ether oxygens (including phenoxy) is 4. The number of benzene rings is 1. The van der Waals surface area contributed by atoms with Crippen molar-refractivity contribution in [3.63, 3.8) is 0 Å². The Bertz CT molecular complexity index is 876. The van der Waals surface area contributed by atoms with E-state index in [0.29, 0.717) is 24.9 Å². The first-order valence-corrected chi connectivity index (χ1v) is 14.5. The van der Waals surface area contributed by atoms with Crippen LogP contribution in [0.15, 0.2) is 18.2 Å². The fourth-order valence-corrected chi connectivity index (χ4v) is 4.93. The SMILES string of the molecule is COCCCOc1cc(C[C@@H](C[C@H](NC(=O)OC(C)(C)C)C(C)C[C@H](C(C)=O)C(C)C)C(C)C)ccc1OC. The number of carbonyl (C=O) groups excluding carboxylic acids is 2. The molecule has 1 aromatic carbocycles. The van der Waals surface area contributed by atoms with Crippen molar-refractivity contribution >= 4 is 11.9 Å². The number of rotatable bonds is 17. The molecule has 224 valence electrons. The van der Waals surface area contributed by atoms with Crippen molar-refractivity contribution in [1.29, 1.82) is 0 Å². The first kappa shape index (κ1) is 34.7. The van der Waals surface area contributed by atoms with Crippen LogP contribution in [0.4, 0.5) is 4.79 Å². The molecule has 1 aromatic rings. The van der Waals surface area contributed by atoms with Gasteiger partial charge in [0.05, 0.1) is 13.7 Å². The van der Waals surface area contributed by atoms with E-state index >= 15 is 0 Å². The molecule has 7 heteroatoms. The van der Waals surface area contributed by atoms with Gasteiger partial charge in [0, 0.05) is 32.1 Å². The maximum absolute atomic E-state index is 12.9. The number of Topliss-reactive ketones (excluding diaryl/α,β-unsaturated/α-hetero) is 1. The first-order chi connectivity index (χ1) is 18.2. The molecule has 0 saturated heterocycles. The molecule has 1 amide bonds. The molecular weight excluding hydrogens is 494 g/mol. The van der Waals surface area contributed by atoms with Gasteiger partial charge in [-0.25, -0.2) is 4.79 Å². The maximum atomic E-state index is 12.9. The van der Waals surface area contributed by atoms with Crippen LogP contribution < -0.4 is 14.8 Å². The van der Waals surface area contributed by atoms with Crippen LogP contribution in [0.1, 0.15) is 87.1 Å². The number of amides is 1. The van der Waals surface area contributed by atoms with Gasteiger partial charge in [-0.3, -0.25) is 4.79 Å². The molecule has 7 nitrogen and oxygen atoms in total. The molecule has 0 heterocycles. The highest BCUT2D eigenvalue weighted by molar-refractivity contribution is 5.78. The molecule has 0 saturated carbocycles. The van der Waals surface area contributed by atoms with Crippen LogP contribution in [0.5, 0.6) is 11.5 Å². The molecule has 0 aliphatic rings. The van der Waals surface area contributed by atoms with Crippen molar-refractivity contribution in [2.45, 2.75) is 99.6 Å². The van der Waals surface area contributed by atoms with Gasteiger partial charge in [-0.15, -0.1) is 0 Å². The van der Waals surface area contributed by atoms with Crippen LogP contribution in [0.25, 0.3) is 0 Å². The molecule has 0 aliphatic heterocycles. The van der Waals surface area contributed by atoms with Crippen molar-refractivity contribution < 1.29 is 28.5 Å². The molecular formula is C32H55NO6. The molecule has 0 bridgehead atoms. The number of alkyl carbamates (subject to hydrolysis) is 1. The predicted molar refractivity (Wildman–Crippen MR) is 158 cm³/mol. The lowest BCUT2D eigenvalue weighted by atomic mass is 9.77. The summed E-state index contributed by atoms with van der Waals surface area (Å²) in [4.78, 5) is 25.2. The number of hydrogen-bond acceptors (Lipinski definition) is 6. The highest BCUT2D eigenvalue weighted by Crippen LogP contribution is 2.33. The Hall–Kier alpha value is -2.28. The number of carbonyl (C=O) groups is 2. The lowest BCUT2D eigenvalue weighted by Crippen LogP contribution is -2.45. The smallest absolute Gasteiger partial charge is 0.407 e. The molecule has 0 aromatic heterocycles. The second-order valence-corrected chi connectivity index (χ2v) is 12.6. The van der Waals surface area contributed by atoms with E-state index < -0.39 is 11.7 Å². The number of nitrogens with one attached hydrogen (secondary N) is 1. The molecule has 0 spiro atoms. The third-order valence-corrected chi connectivity index (χ3v) is 7.32. The molecule has 0 aliphatic carbocycles. The van der Waals surface area contributed by atoms with Gasteiger partial charge < -0.3 is 24.3 Å². The average molecular weight is 550 g/mol. The topological polar surface area (TPSA) is 83.1 Å².